The summed E-state index contributed by atoms with van der Waals surface area (Å²) < 4.78 is 0. The molecule has 0 radical (unpaired) electrons. The second kappa shape index (κ2) is 6.40. The monoisotopic (exact) mass is 320 g/mol. The molecule has 1 atom stereocenters. The molecule has 3 nitrogen and oxygen atoms in total. The lowest BCUT2D eigenvalue weighted by atomic mass is 9.94. The molecule has 24 heavy (non-hydrogen) atoms. The lowest BCUT2D eigenvalue weighted by Gasteiger charge is -2.33. The SMILES string of the molecule is CC(C(=O)c1ccc2c(c1)CCCN2)N1CCc2ccccc2C1. The Morgan fingerprint density at radius 3 is 2.79 bits per heavy atom. The van der Waals surface area contributed by atoms with E-state index >= 15 is 0 Å². The van der Waals surface area contributed by atoms with E-state index in [2.05, 4.69) is 46.6 Å². The Bertz CT molecular complexity index is 768. The molecule has 0 aromatic heterocycles. The Kier molecular flexibility index (Phi) is 4.11. The summed E-state index contributed by atoms with van der Waals surface area (Å²) >= 11 is 0. The number of carbonyl (C=O) groups excluding carboxylic acids is 1. The lowest BCUT2D eigenvalue weighted by molar-refractivity contribution is 0.0819. The van der Waals surface area contributed by atoms with Gasteiger partial charge in [-0.25, -0.2) is 0 Å². The molecule has 0 saturated heterocycles. The van der Waals surface area contributed by atoms with Gasteiger partial charge in [-0.15, -0.1) is 0 Å². The predicted octanol–water partition coefficient (Wildman–Crippen LogP) is 3.67. The summed E-state index contributed by atoms with van der Waals surface area (Å²) in [5.41, 5.74) is 6.11. The molecule has 2 aliphatic heterocycles. The highest BCUT2D eigenvalue weighted by Gasteiger charge is 2.26. The van der Waals surface area contributed by atoms with Crippen LogP contribution >= 0.6 is 0 Å². The third-order valence-electron chi connectivity index (χ3n) is 5.42. The van der Waals surface area contributed by atoms with E-state index in [9.17, 15) is 4.79 Å². The van der Waals surface area contributed by atoms with Gasteiger partial charge < -0.3 is 5.32 Å². The van der Waals surface area contributed by atoms with Crippen LogP contribution in [-0.2, 0) is 19.4 Å². The smallest absolute Gasteiger partial charge is 0.179 e. The molecule has 2 aromatic rings. The average molecular weight is 320 g/mol. The molecule has 3 heteroatoms. The van der Waals surface area contributed by atoms with Crippen molar-refractivity contribution in [3.05, 3.63) is 64.7 Å². The molecule has 0 aliphatic carbocycles. The molecule has 2 heterocycles. The minimum absolute atomic E-state index is 0.0760. The number of nitrogens with zero attached hydrogens (tertiary/aromatic N) is 1. The van der Waals surface area contributed by atoms with E-state index in [0.717, 1.165) is 44.5 Å². The van der Waals surface area contributed by atoms with E-state index in [4.69, 9.17) is 0 Å². The van der Waals surface area contributed by atoms with Crippen LogP contribution in [-0.4, -0.2) is 29.8 Å². The van der Waals surface area contributed by atoms with Crippen LogP contribution in [0, 0.1) is 0 Å². The fourth-order valence-electron chi connectivity index (χ4n) is 3.88. The van der Waals surface area contributed by atoms with Crippen LogP contribution in [0.5, 0.6) is 0 Å². The molecule has 1 unspecified atom stereocenters. The number of carbonyl (C=O) groups is 1. The van der Waals surface area contributed by atoms with Crippen LogP contribution in [0.15, 0.2) is 42.5 Å². The quantitative estimate of drug-likeness (QED) is 0.876. The normalized spacial score (nSPS) is 18.2. The average Bonchev–Trinajstić information content (AvgIpc) is 2.66. The Labute approximate surface area is 143 Å². The van der Waals surface area contributed by atoms with Gasteiger partial charge in [-0.3, -0.25) is 9.69 Å². The zero-order valence-corrected chi connectivity index (χ0v) is 14.2. The maximum absolute atomic E-state index is 13.0. The van der Waals surface area contributed by atoms with Crippen molar-refractivity contribution in [2.45, 2.75) is 38.8 Å². The van der Waals surface area contributed by atoms with E-state index < -0.39 is 0 Å². The third kappa shape index (κ3) is 2.84. The van der Waals surface area contributed by atoms with Crippen LogP contribution in [0.4, 0.5) is 5.69 Å². The number of rotatable bonds is 3. The van der Waals surface area contributed by atoms with Crippen molar-refractivity contribution in [1.29, 1.82) is 0 Å². The van der Waals surface area contributed by atoms with Crippen LogP contribution in [0.2, 0.25) is 0 Å². The fraction of sp³-hybridized carbons (Fsp3) is 0.381. The zero-order chi connectivity index (χ0) is 16.5. The van der Waals surface area contributed by atoms with Crippen molar-refractivity contribution >= 4 is 11.5 Å². The molecule has 4 rings (SSSR count). The highest BCUT2D eigenvalue weighted by molar-refractivity contribution is 6.00. The zero-order valence-electron chi connectivity index (χ0n) is 14.2. The molecule has 1 N–H and O–H groups in total. The standard InChI is InChI=1S/C21H24N2O/c1-15(23-12-10-16-5-2-3-6-19(16)14-23)21(24)18-8-9-20-17(13-18)7-4-11-22-20/h2-3,5-6,8-9,13,15,22H,4,7,10-12,14H2,1H3. The molecule has 0 amide bonds. The summed E-state index contributed by atoms with van der Waals surface area (Å²) in [5, 5.41) is 3.41. The Morgan fingerprint density at radius 1 is 1.08 bits per heavy atom. The van der Waals surface area contributed by atoms with Crippen molar-refractivity contribution in [1.82, 2.24) is 4.90 Å². The first-order chi connectivity index (χ1) is 11.7. The first-order valence-electron chi connectivity index (χ1n) is 8.94. The third-order valence-corrected chi connectivity index (χ3v) is 5.42. The van der Waals surface area contributed by atoms with Crippen molar-refractivity contribution in [2.75, 3.05) is 18.4 Å². The van der Waals surface area contributed by atoms with Gasteiger partial charge in [-0.1, -0.05) is 24.3 Å². The molecule has 0 saturated carbocycles. The number of aryl methyl sites for hydroxylation is 1. The topological polar surface area (TPSA) is 32.3 Å². The van der Waals surface area contributed by atoms with Gasteiger partial charge in [-0.05, 0) is 61.1 Å². The molecule has 0 spiro atoms. The summed E-state index contributed by atoms with van der Waals surface area (Å²) in [5.74, 6) is 0.239. The lowest BCUT2D eigenvalue weighted by Crippen LogP contribution is -2.42. The number of ketones is 1. The van der Waals surface area contributed by atoms with Gasteiger partial charge in [0.05, 0.1) is 6.04 Å². The molecular formula is C21H24N2O. The predicted molar refractivity (Wildman–Crippen MR) is 97.6 cm³/mol. The van der Waals surface area contributed by atoms with E-state index in [1.54, 1.807) is 0 Å². The van der Waals surface area contributed by atoms with Gasteiger partial charge in [0.15, 0.2) is 5.78 Å². The number of Topliss-reactive ketones (excluding diaryl/α,β-unsaturated/α-hetero) is 1. The maximum Gasteiger partial charge on any atom is 0.179 e. The number of anilines is 1. The van der Waals surface area contributed by atoms with Crippen molar-refractivity contribution in [3.63, 3.8) is 0 Å². The second-order valence-corrected chi connectivity index (χ2v) is 6.93. The molecule has 124 valence electrons. The van der Waals surface area contributed by atoms with Crippen LogP contribution in [0.25, 0.3) is 0 Å². The van der Waals surface area contributed by atoms with Gasteiger partial charge in [0.25, 0.3) is 0 Å². The van der Waals surface area contributed by atoms with Gasteiger partial charge >= 0.3 is 0 Å². The van der Waals surface area contributed by atoms with Crippen LogP contribution in [0.3, 0.4) is 0 Å². The van der Waals surface area contributed by atoms with Crippen molar-refractivity contribution in [3.8, 4) is 0 Å². The van der Waals surface area contributed by atoms with Gasteiger partial charge in [0.1, 0.15) is 0 Å². The summed E-state index contributed by atoms with van der Waals surface area (Å²) in [7, 11) is 0. The second-order valence-electron chi connectivity index (χ2n) is 6.93. The minimum atomic E-state index is -0.0760. The van der Waals surface area contributed by atoms with E-state index in [-0.39, 0.29) is 11.8 Å². The number of nitrogens with one attached hydrogen (secondary N) is 1. The molecular weight excluding hydrogens is 296 g/mol. The van der Waals surface area contributed by atoms with Gasteiger partial charge in [0.2, 0.25) is 0 Å². The molecule has 0 bridgehead atoms. The van der Waals surface area contributed by atoms with E-state index in [1.807, 2.05) is 13.0 Å². The molecule has 0 fully saturated rings. The van der Waals surface area contributed by atoms with E-state index in [1.165, 1.54) is 22.4 Å². The van der Waals surface area contributed by atoms with Crippen molar-refractivity contribution in [2.24, 2.45) is 0 Å². The first-order valence-corrected chi connectivity index (χ1v) is 8.94. The molecule has 2 aromatic carbocycles. The van der Waals surface area contributed by atoms with Crippen LogP contribution < -0.4 is 5.32 Å². The highest BCUT2D eigenvalue weighted by atomic mass is 16.1. The Morgan fingerprint density at radius 2 is 1.92 bits per heavy atom. The minimum Gasteiger partial charge on any atom is -0.385 e. The summed E-state index contributed by atoms with van der Waals surface area (Å²) in [6.45, 7) is 4.91. The highest BCUT2D eigenvalue weighted by Crippen LogP contribution is 2.25. The molecule has 2 aliphatic rings. The summed E-state index contributed by atoms with van der Waals surface area (Å²) in [4.78, 5) is 15.3. The Balaban J connectivity index is 1.52. The number of hydrogen-bond donors (Lipinski definition) is 1. The first kappa shape index (κ1) is 15.4. The summed E-state index contributed by atoms with van der Waals surface area (Å²) in [6, 6.07) is 14.6. The van der Waals surface area contributed by atoms with E-state index in [0.29, 0.717) is 0 Å². The number of fused-ring (bicyclic) bond motifs is 2. The Hall–Kier alpha value is -2.13. The van der Waals surface area contributed by atoms with Gasteiger partial charge in [0, 0.05) is 30.9 Å². The fourth-order valence-corrected chi connectivity index (χ4v) is 3.88. The van der Waals surface area contributed by atoms with Gasteiger partial charge in [-0.2, -0.15) is 0 Å². The summed E-state index contributed by atoms with van der Waals surface area (Å²) in [6.07, 6.45) is 3.24. The maximum atomic E-state index is 13.0. The largest absolute Gasteiger partial charge is 0.385 e. The number of benzene rings is 2. The van der Waals surface area contributed by atoms with Crippen LogP contribution in [0.1, 0.15) is 40.4 Å². The number of hydrogen-bond acceptors (Lipinski definition) is 3. The van der Waals surface area contributed by atoms with Crippen molar-refractivity contribution < 1.29 is 4.79 Å².